The standard InChI is InChI=1S/C11H14O2/c1-3-13-11(12)9(2)10-7-5-4-6-8-10/h1,10H,2,4-8H2. The lowest BCUT2D eigenvalue weighted by atomic mass is 9.84. The highest BCUT2D eigenvalue weighted by molar-refractivity contribution is 5.88. The summed E-state index contributed by atoms with van der Waals surface area (Å²) in [6.07, 6.45) is 12.4. The van der Waals surface area contributed by atoms with Crippen LogP contribution in [0.5, 0.6) is 0 Å². The van der Waals surface area contributed by atoms with Crippen LogP contribution in [-0.2, 0) is 9.53 Å². The van der Waals surface area contributed by atoms with E-state index in [4.69, 9.17) is 6.42 Å². The minimum atomic E-state index is -0.436. The second kappa shape index (κ2) is 4.71. The molecule has 0 spiro atoms. The van der Waals surface area contributed by atoms with Gasteiger partial charge >= 0.3 is 5.97 Å². The van der Waals surface area contributed by atoms with Gasteiger partial charge < -0.3 is 4.74 Å². The van der Waals surface area contributed by atoms with Crippen molar-refractivity contribution in [3.05, 3.63) is 12.2 Å². The molecule has 0 heterocycles. The summed E-state index contributed by atoms with van der Waals surface area (Å²) in [7, 11) is 0. The van der Waals surface area contributed by atoms with Gasteiger partial charge in [-0.05, 0) is 18.8 Å². The van der Waals surface area contributed by atoms with Crippen molar-refractivity contribution in [2.24, 2.45) is 5.92 Å². The topological polar surface area (TPSA) is 26.3 Å². The Bertz CT molecular complexity index is 241. The Balaban J connectivity index is 2.46. The molecule has 1 aliphatic carbocycles. The van der Waals surface area contributed by atoms with Crippen LogP contribution in [-0.4, -0.2) is 5.97 Å². The molecule has 0 atom stereocenters. The molecule has 1 aliphatic rings. The Kier molecular flexibility index (Phi) is 3.57. The minimum Gasteiger partial charge on any atom is -0.369 e. The third-order valence-electron chi connectivity index (χ3n) is 2.51. The smallest absolute Gasteiger partial charge is 0.347 e. The van der Waals surface area contributed by atoms with Crippen LogP contribution in [0.4, 0.5) is 0 Å². The van der Waals surface area contributed by atoms with E-state index in [0.29, 0.717) is 5.57 Å². The lowest BCUT2D eigenvalue weighted by Gasteiger charge is -2.21. The normalized spacial score (nSPS) is 17.5. The molecule has 70 valence electrons. The van der Waals surface area contributed by atoms with Crippen molar-refractivity contribution < 1.29 is 9.53 Å². The summed E-state index contributed by atoms with van der Waals surface area (Å²) < 4.78 is 4.45. The molecule has 2 heteroatoms. The van der Waals surface area contributed by atoms with E-state index < -0.39 is 5.97 Å². The monoisotopic (exact) mass is 178 g/mol. The molecule has 0 radical (unpaired) electrons. The van der Waals surface area contributed by atoms with Crippen molar-refractivity contribution in [2.75, 3.05) is 0 Å². The van der Waals surface area contributed by atoms with Crippen molar-refractivity contribution in [1.82, 2.24) is 0 Å². The molecular weight excluding hydrogens is 164 g/mol. The number of hydrogen-bond donors (Lipinski definition) is 0. The van der Waals surface area contributed by atoms with Gasteiger partial charge in [0.05, 0.1) is 0 Å². The van der Waals surface area contributed by atoms with Crippen LogP contribution in [0.25, 0.3) is 0 Å². The van der Waals surface area contributed by atoms with E-state index in [1.165, 1.54) is 19.3 Å². The van der Waals surface area contributed by atoms with Crippen molar-refractivity contribution >= 4 is 5.97 Å². The molecule has 2 nitrogen and oxygen atoms in total. The first-order chi connectivity index (χ1) is 6.25. The summed E-state index contributed by atoms with van der Waals surface area (Å²) in [5, 5.41) is 0. The SMILES string of the molecule is C#COC(=O)C(=C)C1CCCCC1. The summed E-state index contributed by atoms with van der Waals surface area (Å²) in [5.74, 6) is -0.149. The average molecular weight is 178 g/mol. The fourth-order valence-electron chi connectivity index (χ4n) is 1.74. The largest absolute Gasteiger partial charge is 0.369 e. The number of terminal acetylenes is 1. The van der Waals surface area contributed by atoms with Gasteiger partial charge in [-0.1, -0.05) is 32.3 Å². The molecular formula is C11H14O2. The number of rotatable bonds is 2. The summed E-state index contributed by atoms with van der Waals surface area (Å²) >= 11 is 0. The quantitative estimate of drug-likeness (QED) is 0.368. The first-order valence-corrected chi connectivity index (χ1v) is 4.61. The minimum absolute atomic E-state index is 0.287. The van der Waals surface area contributed by atoms with Crippen LogP contribution in [0.1, 0.15) is 32.1 Å². The molecule has 0 bridgehead atoms. The molecule has 0 aromatic rings. The second-order valence-electron chi connectivity index (χ2n) is 3.37. The highest BCUT2D eigenvalue weighted by Gasteiger charge is 2.21. The van der Waals surface area contributed by atoms with Crippen LogP contribution in [0.2, 0.25) is 0 Å². The lowest BCUT2D eigenvalue weighted by molar-refractivity contribution is -0.133. The van der Waals surface area contributed by atoms with E-state index in [1.54, 1.807) is 0 Å². The van der Waals surface area contributed by atoms with Gasteiger partial charge in [0.25, 0.3) is 0 Å². The van der Waals surface area contributed by atoms with Crippen LogP contribution in [0, 0.1) is 18.4 Å². The Morgan fingerprint density at radius 1 is 1.38 bits per heavy atom. The molecule has 0 N–H and O–H groups in total. The van der Waals surface area contributed by atoms with Gasteiger partial charge in [-0.2, -0.15) is 0 Å². The van der Waals surface area contributed by atoms with Gasteiger partial charge in [0.1, 0.15) is 6.11 Å². The molecule has 1 saturated carbocycles. The van der Waals surface area contributed by atoms with Gasteiger partial charge in [0.2, 0.25) is 0 Å². The van der Waals surface area contributed by atoms with Crippen LogP contribution >= 0.6 is 0 Å². The summed E-state index contributed by atoms with van der Waals surface area (Å²) in [5.41, 5.74) is 0.539. The maximum Gasteiger partial charge on any atom is 0.347 e. The van der Waals surface area contributed by atoms with Crippen LogP contribution < -0.4 is 0 Å². The zero-order chi connectivity index (χ0) is 9.68. The number of esters is 1. The predicted octanol–water partition coefficient (Wildman–Crippen LogP) is 2.26. The van der Waals surface area contributed by atoms with E-state index >= 15 is 0 Å². The van der Waals surface area contributed by atoms with Crippen molar-refractivity contribution in [2.45, 2.75) is 32.1 Å². The van der Waals surface area contributed by atoms with Gasteiger partial charge in [-0.25, -0.2) is 4.79 Å². The zero-order valence-electron chi connectivity index (χ0n) is 7.71. The van der Waals surface area contributed by atoms with Crippen molar-refractivity contribution in [3.63, 3.8) is 0 Å². The van der Waals surface area contributed by atoms with E-state index in [9.17, 15) is 4.79 Å². The van der Waals surface area contributed by atoms with Crippen molar-refractivity contribution in [3.8, 4) is 12.5 Å². The summed E-state index contributed by atoms with van der Waals surface area (Å²) in [6.45, 7) is 3.73. The first-order valence-electron chi connectivity index (χ1n) is 4.61. The highest BCUT2D eigenvalue weighted by Crippen LogP contribution is 2.29. The second-order valence-corrected chi connectivity index (χ2v) is 3.37. The third kappa shape index (κ3) is 2.62. The van der Waals surface area contributed by atoms with E-state index in [2.05, 4.69) is 11.3 Å². The van der Waals surface area contributed by atoms with Gasteiger partial charge in [-0.15, -0.1) is 0 Å². The number of ether oxygens (including phenoxy) is 1. The summed E-state index contributed by atoms with van der Waals surface area (Å²) in [4.78, 5) is 11.2. The third-order valence-corrected chi connectivity index (χ3v) is 2.51. The molecule has 0 aromatic heterocycles. The highest BCUT2D eigenvalue weighted by atomic mass is 16.5. The molecule has 0 unspecified atom stereocenters. The van der Waals surface area contributed by atoms with Crippen molar-refractivity contribution in [1.29, 1.82) is 0 Å². The Morgan fingerprint density at radius 2 is 2.00 bits per heavy atom. The predicted molar refractivity (Wildman–Crippen MR) is 50.6 cm³/mol. The Hall–Kier alpha value is -1.23. The van der Waals surface area contributed by atoms with Crippen LogP contribution in [0.15, 0.2) is 12.2 Å². The fraction of sp³-hybridized carbons (Fsp3) is 0.545. The molecule has 13 heavy (non-hydrogen) atoms. The maximum absolute atomic E-state index is 11.2. The molecule has 0 saturated heterocycles. The van der Waals surface area contributed by atoms with E-state index in [-0.39, 0.29) is 5.92 Å². The van der Waals surface area contributed by atoms with E-state index in [1.807, 2.05) is 6.11 Å². The fourth-order valence-corrected chi connectivity index (χ4v) is 1.74. The first kappa shape index (κ1) is 9.85. The molecule has 1 rings (SSSR count). The van der Waals surface area contributed by atoms with Crippen LogP contribution in [0.3, 0.4) is 0 Å². The van der Waals surface area contributed by atoms with Gasteiger partial charge in [0.15, 0.2) is 0 Å². The number of hydrogen-bond acceptors (Lipinski definition) is 2. The molecule has 0 amide bonds. The van der Waals surface area contributed by atoms with Gasteiger partial charge in [0, 0.05) is 5.57 Å². The lowest BCUT2D eigenvalue weighted by Crippen LogP contribution is -2.16. The Morgan fingerprint density at radius 3 is 2.54 bits per heavy atom. The molecule has 0 aliphatic heterocycles. The molecule has 1 fully saturated rings. The average Bonchev–Trinajstić information content (AvgIpc) is 2.18. The van der Waals surface area contributed by atoms with Gasteiger partial charge in [-0.3, -0.25) is 0 Å². The molecule has 0 aromatic carbocycles. The summed E-state index contributed by atoms with van der Waals surface area (Å²) in [6, 6.07) is 0. The number of carbonyl (C=O) groups is 1. The Labute approximate surface area is 79.0 Å². The van der Waals surface area contributed by atoms with E-state index in [0.717, 1.165) is 12.8 Å². The number of carbonyl (C=O) groups excluding carboxylic acids is 1. The zero-order valence-corrected chi connectivity index (χ0v) is 7.71. The maximum atomic E-state index is 11.2.